The minimum atomic E-state index is -4.16. The second kappa shape index (κ2) is 13.6. The number of halogens is 1. The lowest BCUT2D eigenvalue weighted by Gasteiger charge is -2.34. The maximum atomic E-state index is 14.0. The monoisotopic (exact) mass is 569 g/mol. The van der Waals surface area contributed by atoms with Crippen LogP contribution in [0.4, 0.5) is 5.69 Å². The fourth-order valence-electron chi connectivity index (χ4n) is 4.14. The standard InChI is InChI=1S/C30H36ClN3O4S/c1-5-23(4)32-30(36)27(6-2)33(20-24-18-16-22(3)17-19-24)29(35)21-34(28-15-11-10-14-26(28)31)39(37,38)25-12-8-7-9-13-25/h7-19,23,27H,5-6,20-21H2,1-4H3,(H,32,36)/t23-,27+/m1/s1. The van der Waals surface area contributed by atoms with E-state index in [1.807, 2.05) is 52.0 Å². The third-order valence-electron chi connectivity index (χ3n) is 6.59. The van der Waals surface area contributed by atoms with Crippen molar-refractivity contribution < 1.29 is 18.0 Å². The van der Waals surface area contributed by atoms with E-state index in [4.69, 9.17) is 11.6 Å². The average Bonchev–Trinajstić information content (AvgIpc) is 2.93. The molecule has 0 aromatic heterocycles. The Labute approximate surface area is 236 Å². The molecule has 0 aliphatic rings. The van der Waals surface area contributed by atoms with Crippen LogP contribution in [0, 0.1) is 6.92 Å². The SMILES string of the molecule is CC[C@@H](C)NC(=O)[C@H](CC)N(Cc1ccc(C)cc1)C(=O)CN(c1ccccc1Cl)S(=O)(=O)c1ccccc1. The molecular formula is C30H36ClN3O4S. The molecule has 7 nitrogen and oxygen atoms in total. The van der Waals surface area contributed by atoms with E-state index in [-0.39, 0.29) is 34.1 Å². The Bertz CT molecular complexity index is 1360. The number of carbonyl (C=O) groups excluding carboxylic acids is 2. The number of amides is 2. The van der Waals surface area contributed by atoms with Gasteiger partial charge < -0.3 is 10.2 Å². The summed E-state index contributed by atoms with van der Waals surface area (Å²) in [5, 5.41) is 3.17. The maximum absolute atomic E-state index is 14.0. The molecule has 0 aliphatic heterocycles. The molecule has 0 fully saturated rings. The second-order valence-corrected chi connectivity index (χ2v) is 11.8. The number of carbonyl (C=O) groups is 2. The Morgan fingerprint density at radius 2 is 1.51 bits per heavy atom. The zero-order chi connectivity index (χ0) is 28.6. The van der Waals surface area contributed by atoms with Crippen LogP contribution in [0.3, 0.4) is 0 Å². The average molecular weight is 570 g/mol. The molecule has 0 spiro atoms. The predicted molar refractivity (Wildman–Crippen MR) is 156 cm³/mol. The topological polar surface area (TPSA) is 86.8 Å². The van der Waals surface area contributed by atoms with E-state index in [0.717, 1.165) is 21.9 Å². The number of rotatable bonds is 12. The van der Waals surface area contributed by atoms with E-state index in [2.05, 4.69) is 5.32 Å². The first-order valence-corrected chi connectivity index (χ1v) is 14.9. The van der Waals surface area contributed by atoms with Crippen molar-refractivity contribution in [2.45, 2.75) is 64.1 Å². The Morgan fingerprint density at radius 3 is 2.10 bits per heavy atom. The van der Waals surface area contributed by atoms with E-state index in [9.17, 15) is 18.0 Å². The van der Waals surface area contributed by atoms with Crippen LogP contribution in [0.2, 0.25) is 5.02 Å². The van der Waals surface area contributed by atoms with Crippen molar-refractivity contribution in [1.29, 1.82) is 0 Å². The molecular weight excluding hydrogens is 534 g/mol. The Balaban J connectivity index is 2.05. The Morgan fingerprint density at radius 1 is 0.897 bits per heavy atom. The molecule has 3 aromatic carbocycles. The summed E-state index contributed by atoms with van der Waals surface area (Å²) in [4.78, 5) is 28.8. The minimum absolute atomic E-state index is 0.0318. The molecule has 0 saturated heterocycles. The number of anilines is 1. The predicted octanol–water partition coefficient (Wildman–Crippen LogP) is 5.57. The third-order valence-corrected chi connectivity index (χ3v) is 8.69. The fraction of sp³-hybridized carbons (Fsp3) is 0.333. The number of nitrogens with zero attached hydrogens (tertiary/aromatic N) is 2. The van der Waals surface area contributed by atoms with Crippen LogP contribution in [-0.4, -0.2) is 43.8 Å². The van der Waals surface area contributed by atoms with E-state index in [1.165, 1.54) is 17.0 Å². The van der Waals surface area contributed by atoms with Crippen molar-refractivity contribution in [1.82, 2.24) is 10.2 Å². The largest absolute Gasteiger partial charge is 0.352 e. The zero-order valence-corrected chi connectivity index (χ0v) is 24.4. The van der Waals surface area contributed by atoms with E-state index in [0.29, 0.717) is 6.42 Å². The van der Waals surface area contributed by atoms with Gasteiger partial charge in [-0.25, -0.2) is 8.42 Å². The lowest BCUT2D eigenvalue weighted by Crippen LogP contribution is -2.53. The van der Waals surface area contributed by atoms with Gasteiger partial charge in [0.15, 0.2) is 0 Å². The molecule has 0 bridgehead atoms. The number of sulfonamides is 1. The summed E-state index contributed by atoms with van der Waals surface area (Å²) in [6.07, 6.45) is 1.10. The molecule has 9 heteroatoms. The van der Waals surface area contributed by atoms with Gasteiger partial charge in [0.25, 0.3) is 10.0 Å². The van der Waals surface area contributed by atoms with Crippen LogP contribution in [0.25, 0.3) is 0 Å². The highest BCUT2D eigenvalue weighted by Gasteiger charge is 2.34. The van der Waals surface area contributed by atoms with Gasteiger partial charge in [-0.1, -0.05) is 85.6 Å². The summed E-state index contributed by atoms with van der Waals surface area (Å²) in [7, 11) is -4.16. The molecule has 0 heterocycles. The molecule has 3 aromatic rings. The van der Waals surface area contributed by atoms with Crippen LogP contribution < -0.4 is 9.62 Å². The van der Waals surface area contributed by atoms with Gasteiger partial charge in [0.1, 0.15) is 12.6 Å². The summed E-state index contributed by atoms with van der Waals surface area (Å²) in [5.74, 6) is -0.788. The van der Waals surface area contributed by atoms with Gasteiger partial charge in [-0.15, -0.1) is 0 Å². The van der Waals surface area contributed by atoms with Crippen molar-refractivity contribution in [3.05, 3.63) is 95.0 Å². The van der Waals surface area contributed by atoms with Gasteiger partial charge >= 0.3 is 0 Å². The van der Waals surface area contributed by atoms with Crippen LogP contribution in [0.5, 0.6) is 0 Å². The number of nitrogens with one attached hydrogen (secondary N) is 1. The first-order chi connectivity index (χ1) is 18.6. The van der Waals surface area contributed by atoms with Crippen LogP contribution in [-0.2, 0) is 26.2 Å². The summed E-state index contributed by atoms with van der Waals surface area (Å²) in [6, 6.07) is 21.2. The smallest absolute Gasteiger partial charge is 0.264 e. The number of benzene rings is 3. The van der Waals surface area contributed by atoms with E-state index < -0.39 is 28.5 Å². The van der Waals surface area contributed by atoms with Gasteiger partial charge in [0.2, 0.25) is 11.8 Å². The Hall–Kier alpha value is -3.36. The van der Waals surface area contributed by atoms with Crippen molar-refractivity contribution in [2.75, 3.05) is 10.8 Å². The summed E-state index contributed by atoms with van der Waals surface area (Å²) < 4.78 is 28.6. The Kier molecular flexibility index (Phi) is 10.5. The van der Waals surface area contributed by atoms with Crippen molar-refractivity contribution >= 4 is 39.1 Å². The first kappa shape index (κ1) is 30.2. The zero-order valence-electron chi connectivity index (χ0n) is 22.8. The number of hydrogen-bond donors (Lipinski definition) is 1. The van der Waals surface area contributed by atoms with Gasteiger partial charge in [-0.2, -0.15) is 0 Å². The van der Waals surface area contributed by atoms with Crippen molar-refractivity contribution in [3.8, 4) is 0 Å². The molecule has 0 saturated carbocycles. The van der Waals surface area contributed by atoms with Crippen molar-refractivity contribution in [3.63, 3.8) is 0 Å². The third kappa shape index (κ3) is 7.61. The van der Waals surface area contributed by atoms with Gasteiger partial charge in [-0.3, -0.25) is 13.9 Å². The lowest BCUT2D eigenvalue weighted by molar-refractivity contribution is -0.140. The molecule has 0 aliphatic carbocycles. The first-order valence-electron chi connectivity index (χ1n) is 13.1. The van der Waals surface area contributed by atoms with Crippen LogP contribution in [0.1, 0.15) is 44.7 Å². The molecule has 2 atom stereocenters. The lowest BCUT2D eigenvalue weighted by atomic mass is 10.1. The molecule has 0 unspecified atom stereocenters. The van der Waals surface area contributed by atoms with Crippen LogP contribution >= 0.6 is 11.6 Å². The normalized spacial score (nSPS) is 12.8. The highest BCUT2D eigenvalue weighted by molar-refractivity contribution is 7.92. The second-order valence-electron chi connectivity index (χ2n) is 9.53. The number of hydrogen-bond acceptors (Lipinski definition) is 4. The summed E-state index contributed by atoms with van der Waals surface area (Å²) >= 11 is 6.44. The van der Waals surface area contributed by atoms with E-state index >= 15 is 0 Å². The highest BCUT2D eigenvalue weighted by atomic mass is 35.5. The molecule has 0 radical (unpaired) electrons. The molecule has 3 rings (SSSR count). The molecule has 39 heavy (non-hydrogen) atoms. The number of para-hydroxylation sites is 1. The highest BCUT2D eigenvalue weighted by Crippen LogP contribution is 2.30. The van der Waals surface area contributed by atoms with Gasteiger partial charge in [0, 0.05) is 12.6 Å². The fourth-order valence-corrected chi connectivity index (χ4v) is 5.88. The quantitative estimate of drug-likeness (QED) is 0.309. The molecule has 2 amide bonds. The van der Waals surface area contributed by atoms with Gasteiger partial charge in [0.05, 0.1) is 15.6 Å². The number of aryl methyl sites for hydroxylation is 1. The van der Waals surface area contributed by atoms with E-state index in [1.54, 1.807) is 42.5 Å². The minimum Gasteiger partial charge on any atom is -0.352 e. The van der Waals surface area contributed by atoms with Gasteiger partial charge in [-0.05, 0) is 56.5 Å². The molecule has 208 valence electrons. The summed E-state index contributed by atoms with van der Waals surface area (Å²) in [5.41, 5.74) is 2.08. The summed E-state index contributed by atoms with van der Waals surface area (Å²) in [6.45, 7) is 7.30. The maximum Gasteiger partial charge on any atom is 0.264 e. The molecule has 1 N–H and O–H groups in total. The van der Waals surface area contributed by atoms with Crippen LogP contribution in [0.15, 0.2) is 83.8 Å². The van der Waals surface area contributed by atoms with Crippen molar-refractivity contribution in [2.24, 2.45) is 0 Å².